The minimum atomic E-state index is -0.345. The molecule has 2 bridgehead atoms. The zero-order valence-corrected chi connectivity index (χ0v) is 15.4. The van der Waals surface area contributed by atoms with E-state index in [1.165, 1.54) is 11.1 Å². The minimum Gasteiger partial charge on any atom is -0.497 e. The monoisotopic (exact) mass is 348 g/mol. The zero-order valence-electron chi connectivity index (χ0n) is 15.4. The van der Waals surface area contributed by atoms with Crippen LogP contribution in [-0.2, 0) is 12.0 Å². The van der Waals surface area contributed by atoms with E-state index in [1.54, 1.807) is 13.2 Å². The molecule has 2 aromatic rings. The van der Waals surface area contributed by atoms with Crippen molar-refractivity contribution in [3.63, 3.8) is 0 Å². The summed E-state index contributed by atoms with van der Waals surface area (Å²) < 4.78 is 5.39. The Morgan fingerprint density at radius 2 is 2.15 bits per heavy atom. The number of aromatic nitrogens is 1. The van der Waals surface area contributed by atoms with Crippen molar-refractivity contribution >= 4 is 5.69 Å². The second-order valence-electron chi connectivity index (χ2n) is 7.22. The van der Waals surface area contributed by atoms with Crippen LogP contribution in [0, 0.1) is 5.92 Å². The first kappa shape index (κ1) is 16.7. The molecule has 1 aromatic heterocycles. The molecule has 0 saturated carbocycles. The van der Waals surface area contributed by atoms with Crippen molar-refractivity contribution in [1.82, 2.24) is 4.98 Å². The maximum absolute atomic E-state index is 11.9. The number of allylic oxidation sites excluding steroid dienone is 2. The van der Waals surface area contributed by atoms with E-state index in [9.17, 15) is 4.79 Å². The van der Waals surface area contributed by atoms with E-state index in [-0.39, 0.29) is 11.1 Å². The van der Waals surface area contributed by atoms with Crippen molar-refractivity contribution < 1.29 is 4.74 Å². The second kappa shape index (κ2) is 6.20. The number of ether oxygens (including phenoxy) is 1. The van der Waals surface area contributed by atoms with Crippen LogP contribution in [0.25, 0.3) is 0 Å². The van der Waals surface area contributed by atoms with Crippen molar-refractivity contribution in [3.8, 4) is 5.75 Å². The van der Waals surface area contributed by atoms with Crippen molar-refractivity contribution in [2.45, 2.75) is 32.2 Å². The number of pyridine rings is 1. The molecule has 4 nitrogen and oxygen atoms in total. The van der Waals surface area contributed by atoms with Crippen LogP contribution in [0.15, 0.2) is 64.5 Å². The van der Waals surface area contributed by atoms with Crippen LogP contribution in [0.1, 0.15) is 31.5 Å². The molecule has 2 atom stereocenters. The van der Waals surface area contributed by atoms with Crippen LogP contribution in [0.3, 0.4) is 0 Å². The van der Waals surface area contributed by atoms with E-state index in [2.05, 4.69) is 42.4 Å². The Labute approximate surface area is 153 Å². The van der Waals surface area contributed by atoms with Crippen LogP contribution in [0.2, 0.25) is 0 Å². The predicted molar refractivity (Wildman–Crippen MR) is 105 cm³/mol. The van der Waals surface area contributed by atoms with Gasteiger partial charge in [-0.05, 0) is 50.5 Å². The number of aromatic amines is 1. The highest BCUT2D eigenvalue weighted by atomic mass is 16.5. The van der Waals surface area contributed by atoms with Gasteiger partial charge in [0.2, 0.25) is 5.56 Å². The second-order valence-corrected chi connectivity index (χ2v) is 7.22. The molecular formula is C22H24N2O2. The molecule has 4 heteroatoms. The molecule has 2 aliphatic rings. The number of hydrogen-bond donors (Lipinski definition) is 2. The standard InChI is InChI=1S/C22H24N2O2/c1-4-18-15-10-14(2)13-22(18,19-8-9-21(25)23-20(19)11-15)24-16-6-5-7-17(12-16)26-3/h4-10,12,15,24H,11,13H2,1-3H3,(H,23,25)/b18-4+/t15-,22+/m0/s1. The summed E-state index contributed by atoms with van der Waals surface area (Å²) in [6, 6.07) is 11.6. The average molecular weight is 348 g/mol. The van der Waals surface area contributed by atoms with Gasteiger partial charge in [-0.15, -0.1) is 0 Å². The molecule has 2 aliphatic carbocycles. The Kier molecular flexibility index (Phi) is 3.98. The smallest absolute Gasteiger partial charge is 0.248 e. The van der Waals surface area contributed by atoms with Crippen molar-refractivity contribution in [2.24, 2.45) is 5.92 Å². The Hall–Kier alpha value is -2.75. The van der Waals surface area contributed by atoms with Gasteiger partial charge in [0.25, 0.3) is 0 Å². The van der Waals surface area contributed by atoms with E-state index in [4.69, 9.17) is 4.74 Å². The SMILES string of the molecule is C/C=C1\[C@H]2C=C(C)C[C@]1(Nc1cccc(OC)c1)c1ccc(=O)[nH]c1C2. The summed E-state index contributed by atoms with van der Waals surface area (Å²) >= 11 is 0. The number of methoxy groups -OCH3 is 1. The highest BCUT2D eigenvalue weighted by Gasteiger charge is 2.46. The summed E-state index contributed by atoms with van der Waals surface area (Å²) in [4.78, 5) is 15.0. The van der Waals surface area contributed by atoms with Gasteiger partial charge < -0.3 is 15.0 Å². The molecule has 0 unspecified atom stereocenters. The van der Waals surface area contributed by atoms with Crippen LogP contribution in [0.5, 0.6) is 5.75 Å². The third-order valence-electron chi connectivity index (χ3n) is 5.54. The molecule has 26 heavy (non-hydrogen) atoms. The fourth-order valence-corrected chi connectivity index (χ4v) is 4.64. The molecule has 4 rings (SSSR count). The highest BCUT2D eigenvalue weighted by molar-refractivity contribution is 5.60. The Morgan fingerprint density at radius 3 is 2.92 bits per heavy atom. The minimum absolute atomic E-state index is 0.0389. The van der Waals surface area contributed by atoms with Crippen LogP contribution in [-0.4, -0.2) is 12.1 Å². The van der Waals surface area contributed by atoms with Crippen LogP contribution >= 0.6 is 0 Å². The third-order valence-corrected chi connectivity index (χ3v) is 5.54. The lowest BCUT2D eigenvalue weighted by atomic mass is 9.63. The molecule has 134 valence electrons. The average Bonchev–Trinajstić information content (AvgIpc) is 2.61. The molecule has 0 radical (unpaired) electrons. The fraction of sp³-hybridized carbons (Fsp3) is 0.318. The summed E-state index contributed by atoms with van der Waals surface area (Å²) in [5, 5.41) is 3.80. The molecule has 0 spiro atoms. The summed E-state index contributed by atoms with van der Waals surface area (Å²) in [6.07, 6.45) is 6.29. The van der Waals surface area contributed by atoms with Gasteiger partial charge in [0.05, 0.1) is 12.6 Å². The molecule has 1 heterocycles. The summed E-state index contributed by atoms with van der Waals surface area (Å²) in [5.41, 5.74) is 5.56. The van der Waals surface area contributed by atoms with E-state index >= 15 is 0 Å². The molecule has 0 saturated heterocycles. The number of anilines is 1. The van der Waals surface area contributed by atoms with E-state index in [1.807, 2.05) is 24.3 Å². The van der Waals surface area contributed by atoms with Gasteiger partial charge in [-0.25, -0.2) is 0 Å². The van der Waals surface area contributed by atoms with Gasteiger partial charge in [0.1, 0.15) is 5.75 Å². The fourth-order valence-electron chi connectivity index (χ4n) is 4.64. The first-order chi connectivity index (χ1) is 12.6. The number of hydrogen-bond acceptors (Lipinski definition) is 3. The summed E-state index contributed by atoms with van der Waals surface area (Å²) in [7, 11) is 1.68. The number of benzene rings is 1. The lowest BCUT2D eigenvalue weighted by Crippen LogP contribution is -2.47. The zero-order chi connectivity index (χ0) is 18.3. The number of H-pyrrole nitrogens is 1. The lowest BCUT2D eigenvalue weighted by molar-refractivity contribution is 0.414. The molecular weight excluding hydrogens is 324 g/mol. The van der Waals surface area contributed by atoms with Crippen molar-refractivity contribution in [2.75, 3.05) is 12.4 Å². The number of rotatable bonds is 3. The highest BCUT2D eigenvalue weighted by Crippen LogP contribution is 2.51. The van der Waals surface area contributed by atoms with Gasteiger partial charge >= 0.3 is 0 Å². The van der Waals surface area contributed by atoms with Gasteiger partial charge in [-0.2, -0.15) is 0 Å². The van der Waals surface area contributed by atoms with Gasteiger partial charge in [-0.3, -0.25) is 4.79 Å². The Balaban J connectivity index is 1.91. The lowest BCUT2D eigenvalue weighted by Gasteiger charge is -2.48. The molecule has 1 aromatic carbocycles. The molecule has 0 fully saturated rings. The molecule has 0 aliphatic heterocycles. The first-order valence-electron chi connectivity index (χ1n) is 9.04. The summed E-state index contributed by atoms with van der Waals surface area (Å²) in [5.74, 6) is 1.13. The van der Waals surface area contributed by atoms with Gasteiger partial charge in [-0.1, -0.05) is 23.8 Å². The first-order valence-corrected chi connectivity index (χ1v) is 9.04. The van der Waals surface area contributed by atoms with Crippen molar-refractivity contribution in [3.05, 3.63) is 81.3 Å². The maximum Gasteiger partial charge on any atom is 0.248 e. The van der Waals surface area contributed by atoms with E-state index < -0.39 is 0 Å². The number of fused-ring (bicyclic) bond motifs is 4. The van der Waals surface area contributed by atoms with Crippen LogP contribution < -0.4 is 15.6 Å². The quantitative estimate of drug-likeness (QED) is 0.819. The van der Waals surface area contributed by atoms with Gasteiger partial charge in [0.15, 0.2) is 0 Å². The Morgan fingerprint density at radius 1 is 1.31 bits per heavy atom. The molecule has 2 N–H and O–H groups in total. The maximum atomic E-state index is 11.9. The largest absolute Gasteiger partial charge is 0.497 e. The predicted octanol–water partition coefficient (Wildman–Crippen LogP) is 4.16. The topological polar surface area (TPSA) is 54.1 Å². The van der Waals surface area contributed by atoms with Gasteiger partial charge in [0, 0.05) is 35.0 Å². The third kappa shape index (κ3) is 2.57. The molecule has 0 amide bonds. The summed E-state index contributed by atoms with van der Waals surface area (Å²) in [6.45, 7) is 4.30. The van der Waals surface area contributed by atoms with Crippen LogP contribution in [0.4, 0.5) is 5.69 Å². The van der Waals surface area contributed by atoms with Crippen molar-refractivity contribution in [1.29, 1.82) is 0 Å². The number of nitrogens with one attached hydrogen (secondary N) is 2. The van der Waals surface area contributed by atoms with E-state index in [0.717, 1.165) is 35.5 Å². The Bertz CT molecular complexity index is 970. The van der Waals surface area contributed by atoms with E-state index in [0.29, 0.717) is 5.92 Å². The normalized spacial score (nSPS) is 25.4.